The van der Waals surface area contributed by atoms with Crippen LogP contribution in [0.5, 0.6) is 11.5 Å². The molecule has 176 valence electrons. The van der Waals surface area contributed by atoms with Crippen LogP contribution in [0.15, 0.2) is 44.9 Å². The number of carbonyl (C=O) groups is 1. The summed E-state index contributed by atoms with van der Waals surface area (Å²) in [5.41, 5.74) is 1.65. The van der Waals surface area contributed by atoms with Crippen LogP contribution in [0.3, 0.4) is 0 Å². The summed E-state index contributed by atoms with van der Waals surface area (Å²) in [6.45, 7) is 1.39. The smallest absolute Gasteiger partial charge is 0.250 e. The van der Waals surface area contributed by atoms with E-state index in [2.05, 4.69) is 20.3 Å². The number of carbonyl (C=O) groups excluding carboxylic acids is 1. The molecule has 3 aliphatic rings. The minimum Gasteiger partial charge on any atom is -0.486 e. The van der Waals surface area contributed by atoms with Gasteiger partial charge in [-0.05, 0) is 24.1 Å². The topological polar surface area (TPSA) is 123 Å². The van der Waals surface area contributed by atoms with E-state index in [0.717, 1.165) is 30.1 Å². The van der Waals surface area contributed by atoms with Gasteiger partial charge in [0.15, 0.2) is 11.5 Å². The summed E-state index contributed by atoms with van der Waals surface area (Å²) in [6.07, 6.45) is 6.81. The number of nitrogens with one attached hydrogen (secondary N) is 1. The highest BCUT2D eigenvalue weighted by atomic mass is 16.6. The molecule has 1 saturated heterocycles. The maximum atomic E-state index is 12.1. The highest BCUT2D eigenvalue weighted by molar-refractivity contribution is 6.05. The van der Waals surface area contributed by atoms with E-state index in [1.54, 1.807) is 31.5 Å². The van der Waals surface area contributed by atoms with Gasteiger partial charge in [0.2, 0.25) is 0 Å². The van der Waals surface area contributed by atoms with Gasteiger partial charge in [-0.1, -0.05) is 6.07 Å². The van der Waals surface area contributed by atoms with Gasteiger partial charge in [-0.2, -0.15) is 5.90 Å². The Morgan fingerprint density at radius 1 is 1.15 bits per heavy atom. The van der Waals surface area contributed by atoms with E-state index < -0.39 is 0 Å². The molecule has 4 rings (SSSR count). The molecule has 1 aromatic rings. The number of rotatable bonds is 5. The molecule has 0 bridgehead atoms. The van der Waals surface area contributed by atoms with Crippen molar-refractivity contribution in [2.75, 3.05) is 27.3 Å². The van der Waals surface area contributed by atoms with Gasteiger partial charge in [0.1, 0.15) is 24.1 Å². The van der Waals surface area contributed by atoms with E-state index >= 15 is 0 Å². The fourth-order valence-electron chi connectivity index (χ4n) is 3.90. The van der Waals surface area contributed by atoms with Crippen LogP contribution < -0.4 is 20.8 Å². The van der Waals surface area contributed by atoms with E-state index in [1.165, 1.54) is 0 Å². The van der Waals surface area contributed by atoms with E-state index in [9.17, 15) is 4.79 Å². The average molecular weight is 455 g/mol. The molecule has 1 unspecified atom stereocenters. The molecular formula is C23H30N6O4. The van der Waals surface area contributed by atoms with Gasteiger partial charge in [-0.15, -0.1) is 0 Å². The van der Waals surface area contributed by atoms with Gasteiger partial charge in [-0.25, -0.2) is 9.98 Å². The lowest BCUT2D eigenvalue weighted by Gasteiger charge is -2.25. The van der Waals surface area contributed by atoms with Gasteiger partial charge in [0.25, 0.3) is 5.91 Å². The molecule has 3 heterocycles. The van der Waals surface area contributed by atoms with Crippen molar-refractivity contribution in [2.45, 2.75) is 44.2 Å². The van der Waals surface area contributed by atoms with Crippen LogP contribution in [0, 0.1) is 0 Å². The molecule has 0 aliphatic carbocycles. The normalized spacial score (nSPS) is 20.9. The first-order valence-corrected chi connectivity index (χ1v) is 11.1. The van der Waals surface area contributed by atoms with Crippen LogP contribution in [0.25, 0.3) is 0 Å². The summed E-state index contributed by atoms with van der Waals surface area (Å²) < 4.78 is 11.5. The predicted octanol–water partition coefficient (Wildman–Crippen LogP) is 2.12. The molecule has 3 aliphatic heterocycles. The van der Waals surface area contributed by atoms with Gasteiger partial charge in [0.05, 0.1) is 19.3 Å². The van der Waals surface area contributed by atoms with Crippen LogP contribution in [0.4, 0.5) is 0 Å². The number of amidine groups is 2. The third-order valence-corrected chi connectivity index (χ3v) is 5.77. The number of ether oxygens (including phenoxy) is 2. The molecule has 3 N–H and O–H groups in total. The minimum atomic E-state index is -0.137. The zero-order valence-corrected chi connectivity index (χ0v) is 19.0. The molecule has 0 saturated carbocycles. The summed E-state index contributed by atoms with van der Waals surface area (Å²) in [5, 5.41) is 3.29. The molecule has 33 heavy (non-hydrogen) atoms. The van der Waals surface area contributed by atoms with E-state index in [4.69, 9.17) is 20.2 Å². The van der Waals surface area contributed by atoms with Crippen LogP contribution in [-0.4, -0.2) is 62.2 Å². The monoisotopic (exact) mass is 454 g/mol. The van der Waals surface area contributed by atoms with Gasteiger partial charge in [-0.3, -0.25) is 9.79 Å². The van der Waals surface area contributed by atoms with Crippen LogP contribution in [0.1, 0.15) is 43.7 Å². The molecular weight excluding hydrogens is 424 g/mol. The third-order valence-electron chi connectivity index (χ3n) is 5.77. The van der Waals surface area contributed by atoms with Crippen LogP contribution in [0.2, 0.25) is 0 Å². The van der Waals surface area contributed by atoms with Gasteiger partial charge in [0, 0.05) is 51.6 Å². The lowest BCUT2D eigenvalue weighted by Crippen LogP contribution is -2.34. The third kappa shape index (κ3) is 5.77. The Labute approximate surface area is 193 Å². The molecule has 1 fully saturated rings. The summed E-state index contributed by atoms with van der Waals surface area (Å²) in [7, 11) is 3.48. The second-order valence-corrected chi connectivity index (χ2v) is 8.37. The number of aliphatic imine (C=N–C) groups is 3. The van der Waals surface area contributed by atoms with E-state index in [-0.39, 0.29) is 18.1 Å². The van der Waals surface area contributed by atoms with E-state index in [1.807, 2.05) is 18.2 Å². The second kappa shape index (κ2) is 10.6. The summed E-state index contributed by atoms with van der Waals surface area (Å²) in [6, 6.07) is 5.57. The largest absolute Gasteiger partial charge is 0.486 e. The number of nitrogens with zero attached hydrogens (tertiary/aromatic N) is 4. The van der Waals surface area contributed by atoms with Crippen molar-refractivity contribution in [1.29, 1.82) is 0 Å². The molecule has 10 nitrogen and oxygen atoms in total. The highest BCUT2D eigenvalue weighted by Crippen LogP contribution is 2.34. The zero-order valence-electron chi connectivity index (χ0n) is 19.0. The number of benzene rings is 1. The molecule has 1 aromatic carbocycles. The molecule has 0 aromatic heterocycles. The van der Waals surface area contributed by atoms with Crippen molar-refractivity contribution in [3.63, 3.8) is 0 Å². The van der Waals surface area contributed by atoms with Crippen molar-refractivity contribution in [2.24, 2.45) is 20.9 Å². The van der Waals surface area contributed by atoms with Crippen LogP contribution >= 0.6 is 0 Å². The standard InChI is InChI=1S/C23H30N6O4/c1-29(2)23(30)16-4-6-21(25-13-16)28-22-12-18(26-14-27-22)15-3-5-19(20(11-15)33-24)32-17-7-9-31-10-8-17/h3,5,11,13-14,17-18H,4,6-10,12,24H2,1-2H3,(H,25,26,27,28). The first kappa shape index (κ1) is 22.9. The number of likely N-dealkylation sites (N-methyl/N-ethyl adjacent to an activating group) is 1. The quantitative estimate of drug-likeness (QED) is 0.657. The SMILES string of the molecule is CN(C)C(=O)C1=CN=C(NC2=NC=NC(c3ccc(OC4CCOCC4)c(ON)c3)C2)CC1. The Hall–Kier alpha value is -3.24. The summed E-state index contributed by atoms with van der Waals surface area (Å²) in [5.74, 6) is 8.16. The van der Waals surface area contributed by atoms with Crippen molar-refractivity contribution in [3.05, 3.63) is 35.5 Å². The first-order chi connectivity index (χ1) is 16.0. The van der Waals surface area contributed by atoms with Crippen LogP contribution in [-0.2, 0) is 9.53 Å². The van der Waals surface area contributed by atoms with Crippen molar-refractivity contribution < 1.29 is 19.1 Å². The minimum absolute atomic E-state index is 0.0119. The number of amides is 1. The maximum absolute atomic E-state index is 12.1. The summed E-state index contributed by atoms with van der Waals surface area (Å²) in [4.78, 5) is 32.0. The number of nitrogens with two attached hydrogens (primary N) is 1. The number of hydrogen-bond donors (Lipinski definition) is 2. The zero-order chi connectivity index (χ0) is 23.2. The summed E-state index contributed by atoms with van der Waals surface area (Å²) >= 11 is 0. The van der Waals surface area contributed by atoms with E-state index in [0.29, 0.717) is 49.5 Å². The van der Waals surface area contributed by atoms with Crippen molar-refractivity contribution in [3.8, 4) is 11.5 Å². The molecule has 10 heteroatoms. The predicted molar refractivity (Wildman–Crippen MR) is 126 cm³/mol. The Kier molecular flexibility index (Phi) is 7.36. The van der Waals surface area contributed by atoms with Crippen molar-refractivity contribution in [1.82, 2.24) is 10.2 Å². The average Bonchev–Trinajstić information content (AvgIpc) is 2.85. The van der Waals surface area contributed by atoms with Gasteiger partial charge >= 0.3 is 0 Å². The first-order valence-electron chi connectivity index (χ1n) is 11.1. The lowest BCUT2D eigenvalue weighted by molar-refractivity contribution is -0.124. The molecule has 0 radical (unpaired) electrons. The maximum Gasteiger partial charge on any atom is 0.250 e. The Morgan fingerprint density at radius 2 is 1.97 bits per heavy atom. The fourth-order valence-corrected chi connectivity index (χ4v) is 3.90. The van der Waals surface area contributed by atoms with Crippen molar-refractivity contribution >= 4 is 23.9 Å². The Morgan fingerprint density at radius 3 is 2.67 bits per heavy atom. The Balaban J connectivity index is 1.39. The molecule has 0 spiro atoms. The lowest BCUT2D eigenvalue weighted by atomic mass is 10.0. The highest BCUT2D eigenvalue weighted by Gasteiger charge is 2.23. The Bertz CT molecular complexity index is 995. The number of hydrogen-bond acceptors (Lipinski definition) is 9. The molecule has 1 amide bonds. The fraction of sp³-hybridized carbons (Fsp3) is 0.478. The molecule has 1 atom stereocenters. The van der Waals surface area contributed by atoms with Gasteiger partial charge < -0.3 is 24.5 Å². The second-order valence-electron chi connectivity index (χ2n) is 8.37.